The molecule has 1 aliphatic carbocycles. The Morgan fingerprint density at radius 2 is 1.80 bits per heavy atom. The lowest BCUT2D eigenvalue weighted by Gasteiger charge is -2.45. The summed E-state index contributed by atoms with van der Waals surface area (Å²) >= 11 is 0. The summed E-state index contributed by atoms with van der Waals surface area (Å²) < 4.78 is 10.2. The summed E-state index contributed by atoms with van der Waals surface area (Å²) in [4.78, 5) is 11.6. The zero-order valence-electron chi connectivity index (χ0n) is 16.4. The first-order valence-corrected chi connectivity index (χ1v) is 8.85. The van der Waals surface area contributed by atoms with Gasteiger partial charge in [0, 0.05) is 17.7 Å². The van der Waals surface area contributed by atoms with Crippen LogP contribution in [-0.4, -0.2) is 26.2 Å². The normalized spacial score (nSPS) is 19.3. The van der Waals surface area contributed by atoms with Gasteiger partial charge in [0.15, 0.2) is 0 Å². The number of nitrogens with two attached hydrogens (primary N) is 1. The number of hydrogen-bond acceptors (Lipinski definition) is 5. The first-order chi connectivity index (χ1) is 11.5. The number of anilines is 2. The minimum Gasteiger partial charge on any atom is -0.496 e. The molecule has 1 aliphatic rings. The third-order valence-corrected chi connectivity index (χ3v) is 4.93. The van der Waals surface area contributed by atoms with Crippen molar-refractivity contribution in [3.05, 3.63) is 17.7 Å². The Bertz CT molecular complexity index is 622. The highest BCUT2D eigenvalue weighted by molar-refractivity contribution is 5.77. The molecule has 25 heavy (non-hydrogen) atoms. The van der Waals surface area contributed by atoms with Crippen molar-refractivity contribution < 1.29 is 14.3 Å². The van der Waals surface area contributed by atoms with E-state index in [-0.39, 0.29) is 12.4 Å². The first-order valence-electron chi connectivity index (χ1n) is 8.85. The number of methoxy groups -OCH3 is 2. The molecule has 0 heterocycles. The van der Waals surface area contributed by atoms with E-state index in [0.29, 0.717) is 28.3 Å². The van der Waals surface area contributed by atoms with Gasteiger partial charge in [-0.1, -0.05) is 27.7 Å². The summed E-state index contributed by atoms with van der Waals surface area (Å²) in [6, 6.07) is 4.05. The second-order valence-corrected chi connectivity index (χ2v) is 8.76. The Balaban J connectivity index is 2.23. The van der Waals surface area contributed by atoms with Gasteiger partial charge in [-0.3, -0.25) is 4.79 Å². The number of ether oxygens (including phenoxy) is 2. The molecule has 3 N–H and O–H groups in total. The Labute approximate surface area is 151 Å². The maximum absolute atomic E-state index is 11.6. The predicted molar refractivity (Wildman–Crippen MR) is 102 cm³/mol. The van der Waals surface area contributed by atoms with Crippen LogP contribution >= 0.6 is 0 Å². The molecule has 0 amide bonds. The van der Waals surface area contributed by atoms with E-state index in [1.807, 2.05) is 6.07 Å². The number of benzene rings is 1. The van der Waals surface area contributed by atoms with Crippen LogP contribution in [0.5, 0.6) is 5.75 Å². The van der Waals surface area contributed by atoms with Gasteiger partial charge in [-0.15, -0.1) is 0 Å². The molecule has 1 aromatic rings. The SMILES string of the molecule is COC(=O)Cc1cc(N)c(NC2CC(C)(C)CC(C)(C)C2)cc1OC. The van der Waals surface area contributed by atoms with Gasteiger partial charge >= 0.3 is 5.97 Å². The van der Waals surface area contributed by atoms with Gasteiger partial charge in [0.05, 0.1) is 32.0 Å². The summed E-state index contributed by atoms with van der Waals surface area (Å²) in [6.07, 6.45) is 3.56. The largest absolute Gasteiger partial charge is 0.496 e. The lowest BCUT2D eigenvalue weighted by molar-refractivity contribution is -0.139. The van der Waals surface area contributed by atoms with Crippen molar-refractivity contribution >= 4 is 17.3 Å². The molecule has 1 fully saturated rings. The molecule has 140 valence electrons. The number of carbonyl (C=O) groups excluding carboxylic acids is 1. The van der Waals surface area contributed by atoms with E-state index in [4.69, 9.17) is 15.2 Å². The maximum Gasteiger partial charge on any atom is 0.310 e. The van der Waals surface area contributed by atoms with Crippen LogP contribution in [0.4, 0.5) is 11.4 Å². The van der Waals surface area contributed by atoms with E-state index in [1.54, 1.807) is 13.2 Å². The average Bonchev–Trinajstić information content (AvgIpc) is 2.46. The molecule has 5 nitrogen and oxygen atoms in total. The molecule has 0 aromatic heterocycles. The summed E-state index contributed by atoms with van der Waals surface area (Å²) in [6.45, 7) is 9.30. The zero-order valence-corrected chi connectivity index (χ0v) is 16.4. The van der Waals surface area contributed by atoms with Crippen LogP contribution in [0.2, 0.25) is 0 Å². The minimum absolute atomic E-state index is 0.146. The fourth-order valence-corrected chi connectivity index (χ4v) is 4.49. The summed E-state index contributed by atoms with van der Waals surface area (Å²) in [5.41, 5.74) is 9.06. The van der Waals surface area contributed by atoms with Crippen molar-refractivity contribution in [1.82, 2.24) is 0 Å². The number of nitrogen functional groups attached to an aromatic ring is 1. The first kappa shape index (κ1) is 19.4. The number of hydrogen-bond donors (Lipinski definition) is 2. The van der Waals surface area contributed by atoms with E-state index in [1.165, 1.54) is 13.5 Å². The maximum atomic E-state index is 11.6. The monoisotopic (exact) mass is 348 g/mol. The lowest BCUT2D eigenvalue weighted by atomic mass is 9.63. The molecule has 0 spiro atoms. The van der Waals surface area contributed by atoms with E-state index in [9.17, 15) is 4.79 Å². The van der Waals surface area contributed by atoms with Crippen LogP contribution in [0.3, 0.4) is 0 Å². The summed E-state index contributed by atoms with van der Waals surface area (Å²) in [5, 5.41) is 3.61. The second-order valence-electron chi connectivity index (χ2n) is 8.76. The van der Waals surface area contributed by atoms with Crippen molar-refractivity contribution in [2.45, 2.75) is 59.4 Å². The summed E-state index contributed by atoms with van der Waals surface area (Å²) in [7, 11) is 2.98. The van der Waals surface area contributed by atoms with Gasteiger partial charge in [0.25, 0.3) is 0 Å². The molecule has 1 saturated carbocycles. The number of nitrogens with one attached hydrogen (secondary N) is 1. The van der Waals surface area contributed by atoms with Gasteiger partial charge in [0.1, 0.15) is 5.75 Å². The second kappa shape index (κ2) is 7.14. The third kappa shape index (κ3) is 5.03. The topological polar surface area (TPSA) is 73.6 Å². The highest BCUT2D eigenvalue weighted by atomic mass is 16.5. The van der Waals surface area contributed by atoms with Gasteiger partial charge < -0.3 is 20.5 Å². The number of rotatable bonds is 5. The highest BCUT2D eigenvalue weighted by Crippen LogP contribution is 2.46. The van der Waals surface area contributed by atoms with E-state index >= 15 is 0 Å². The van der Waals surface area contributed by atoms with Crippen molar-refractivity contribution in [1.29, 1.82) is 0 Å². The molecule has 0 bridgehead atoms. The average molecular weight is 348 g/mol. The summed E-state index contributed by atoms with van der Waals surface area (Å²) in [5.74, 6) is 0.339. The Hall–Kier alpha value is -1.91. The van der Waals surface area contributed by atoms with E-state index < -0.39 is 0 Å². The fourth-order valence-electron chi connectivity index (χ4n) is 4.49. The minimum atomic E-state index is -0.311. The standard InChI is InChI=1S/C20H32N2O3/c1-19(2)10-14(11-20(3,4)12-19)22-16-9-17(24-5)13(7-15(16)21)8-18(23)25-6/h7,9,14,22H,8,10-12,21H2,1-6H3. The van der Waals surface area contributed by atoms with Crippen LogP contribution in [0, 0.1) is 10.8 Å². The molecule has 0 radical (unpaired) electrons. The molecule has 1 aromatic carbocycles. The third-order valence-electron chi connectivity index (χ3n) is 4.93. The van der Waals surface area contributed by atoms with Crippen molar-refractivity contribution in [3.8, 4) is 5.75 Å². The molecule has 5 heteroatoms. The lowest BCUT2D eigenvalue weighted by Crippen LogP contribution is -2.40. The van der Waals surface area contributed by atoms with Gasteiger partial charge in [-0.25, -0.2) is 0 Å². The van der Waals surface area contributed by atoms with Crippen LogP contribution < -0.4 is 15.8 Å². The Kier molecular flexibility index (Phi) is 5.55. The molecule has 2 rings (SSSR count). The molecule has 0 saturated heterocycles. The molecular weight excluding hydrogens is 316 g/mol. The highest BCUT2D eigenvalue weighted by Gasteiger charge is 2.38. The molecular formula is C20H32N2O3. The number of esters is 1. The molecule has 0 unspecified atom stereocenters. The van der Waals surface area contributed by atoms with Crippen LogP contribution in [-0.2, 0) is 16.0 Å². The van der Waals surface area contributed by atoms with Crippen molar-refractivity contribution in [3.63, 3.8) is 0 Å². The zero-order chi connectivity index (χ0) is 18.8. The van der Waals surface area contributed by atoms with E-state index in [2.05, 4.69) is 33.0 Å². The predicted octanol–water partition coefficient (Wildman–Crippen LogP) is 4.01. The molecule has 0 aliphatic heterocycles. The van der Waals surface area contributed by atoms with Crippen molar-refractivity contribution in [2.75, 3.05) is 25.3 Å². The fraction of sp³-hybridized carbons (Fsp3) is 0.650. The quantitative estimate of drug-likeness (QED) is 0.621. The van der Waals surface area contributed by atoms with Gasteiger partial charge in [0.2, 0.25) is 0 Å². The van der Waals surface area contributed by atoms with E-state index in [0.717, 1.165) is 24.1 Å². The number of carbonyl (C=O) groups is 1. The Morgan fingerprint density at radius 1 is 1.20 bits per heavy atom. The van der Waals surface area contributed by atoms with Crippen LogP contribution in [0.15, 0.2) is 12.1 Å². The van der Waals surface area contributed by atoms with Crippen LogP contribution in [0.1, 0.15) is 52.5 Å². The van der Waals surface area contributed by atoms with Gasteiger partial charge in [-0.05, 0) is 36.2 Å². The van der Waals surface area contributed by atoms with Crippen LogP contribution in [0.25, 0.3) is 0 Å². The molecule has 0 atom stereocenters. The van der Waals surface area contributed by atoms with Crippen molar-refractivity contribution in [2.24, 2.45) is 10.8 Å². The van der Waals surface area contributed by atoms with Gasteiger partial charge in [-0.2, -0.15) is 0 Å². The smallest absolute Gasteiger partial charge is 0.310 e. The Morgan fingerprint density at radius 3 is 2.32 bits per heavy atom.